The van der Waals surface area contributed by atoms with Crippen molar-refractivity contribution in [3.63, 3.8) is 0 Å². The van der Waals surface area contributed by atoms with Gasteiger partial charge in [-0.1, -0.05) is 36.9 Å². The Morgan fingerprint density at radius 3 is 2.48 bits per heavy atom. The van der Waals surface area contributed by atoms with Crippen molar-refractivity contribution in [1.82, 2.24) is 14.9 Å². The van der Waals surface area contributed by atoms with Crippen molar-refractivity contribution in [3.05, 3.63) is 97.3 Å². The molecule has 12 heteroatoms. The highest BCUT2D eigenvalue weighted by Crippen LogP contribution is 2.41. The van der Waals surface area contributed by atoms with E-state index in [0.29, 0.717) is 41.4 Å². The van der Waals surface area contributed by atoms with Gasteiger partial charge >= 0.3 is 0 Å². The Bertz CT molecular complexity index is 1780. The van der Waals surface area contributed by atoms with Gasteiger partial charge in [0.15, 0.2) is 5.82 Å². The minimum Gasteiger partial charge on any atom is -0.494 e. The molecule has 7 rings (SSSR count). The normalized spacial score (nSPS) is 18.5. The molecule has 0 unspecified atom stereocenters. The molecule has 1 amide bonds. The quantitative estimate of drug-likeness (QED) is 0.174. The Balaban J connectivity index is 1.10. The standard InChI is InChI=1S/C38H43N7O5/c1-3-38(46)42-31-23-32(35(47-2)24-34(31)44-15-12-28(13-16-44)43-17-20-48-21-18-43)41-36-25-37(40-26-39-36)45-33(14-19-49-45)27-8-7-11-30(22-27)50-29-9-5-4-6-10-29/h3-11,22-26,28,33H,1,12-21H2,2H3,(H,42,46)(H,39,40,41)/t33-/m1/s1. The summed E-state index contributed by atoms with van der Waals surface area (Å²) < 4.78 is 17.5. The van der Waals surface area contributed by atoms with Crippen LogP contribution in [0, 0.1) is 0 Å². The van der Waals surface area contributed by atoms with Crippen LogP contribution in [0.15, 0.2) is 91.8 Å². The van der Waals surface area contributed by atoms with Gasteiger partial charge in [0.2, 0.25) is 5.91 Å². The molecule has 3 aliphatic rings. The zero-order chi connectivity index (χ0) is 34.3. The topological polar surface area (TPSA) is 114 Å². The zero-order valence-electron chi connectivity index (χ0n) is 28.3. The second-order valence-corrected chi connectivity index (χ2v) is 12.5. The minimum atomic E-state index is -0.287. The summed E-state index contributed by atoms with van der Waals surface area (Å²) in [5, 5.41) is 8.24. The molecule has 0 radical (unpaired) electrons. The maximum atomic E-state index is 12.6. The van der Waals surface area contributed by atoms with E-state index in [0.717, 1.165) is 81.4 Å². The first-order valence-electron chi connectivity index (χ1n) is 17.1. The summed E-state index contributed by atoms with van der Waals surface area (Å²) in [6.45, 7) is 9.48. The van der Waals surface area contributed by atoms with E-state index in [-0.39, 0.29) is 11.9 Å². The monoisotopic (exact) mass is 677 g/mol. The van der Waals surface area contributed by atoms with Crippen molar-refractivity contribution < 1.29 is 23.8 Å². The summed E-state index contributed by atoms with van der Waals surface area (Å²) in [5.74, 6) is 3.02. The highest BCUT2D eigenvalue weighted by molar-refractivity contribution is 6.02. The second-order valence-electron chi connectivity index (χ2n) is 12.5. The number of aromatic nitrogens is 2. The Hall–Kier alpha value is -5.17. The minimum absolute atomic E-state index is 0.0704. The summed E-state index contributed by atoms with van der Waals surface area (Å²) in [6, 6.07) is 23.9. The molecule has 1 aromatic heterocycles. The smallest absolute Gasteiger partial charge is 0.247 e. The summed E-state index contributed by atoms with van der Waals surface area (Å²) >= 11 is 0. The lowest BCUT2D eigenvalue weighted by Crippen LogP contribution is -2.49. The average molecular weight is 678 g/mol. The lowest BCUT2D eigenvalue weighted by atomic mass is 10.0. The molecule has 0 aliphatic carbocycles. The fourth-order valence-corrected chi connectivity index (χ4v) is 6.88. The highest BCUT2D eigenvalue weighted by atomic mass is 16.7. The van der Waals surface area contributed by atoms with Gasteiger partial charge in [-0.25, -0.2) is 15.0 Å². The van der Waals surface area contributed by atoms with E-state index in [1.54, 1.807) is 7.11 Å². The number of anilines is 5. The van der Waals surface area contributed by atoms with Crippen LogP contribution < -0.4 is 30.1 Å². The molecule has 3 aliphatic heterocycles. The number of amides is 1. The number of methoxy groups -OCH3 is 1. The molecule has 12 nitrogen and oxygen atoms in total. The highest BCUT2D eigenvalue weighted by Gasteiger charge is 2.30. The molecule has 4 heterocycles. The second kappa shape index (κ2) is 15.6. The van der Waals surface area contributed by atoms with Gasteiger partial charge in [0.05, 0.1) is 50.0 Å². The van der Waals surface area contributed by atoms with Crippen LogP contribution in [-0.2, 0) is 14.4 Å². The summed E-state index contributed by atoms with van der Waals surface area (Å²) in [7, 11) is 1.64. The first-order chi connectivity index (χ1) is 24.6. The maximum absolute atomic E-state index is 12.6. The third kappa shape index (κ3) is 7.67. The van der Waals surface area contributed by atoms with E-state index in [9.17, 15) is 4.79 Å². The molecule has 3 fully saturated rings. The maximum Gasteiger partial charge on any atom is 0.247 e. The molecule has 2 N–H and O–H groups in total. The van der Waals surface area contributed by atoms with E-state index in [4.69, 9.17) is 19.0 Å². The number of hydroxylamine groups is 1. The number of rotatable bonds is 11. The van der Waals surface area contributed by atoms with E-state index < -0.39 is 0 Å². The SMILES string of the molecule is C=CC(=O)Nc1cc(Nc2cc(N3OCC[C@@H]3c3cccc(Oc4ccccc4)c3)ncn2)c(OC)cc1N1CCC(N2CCOCC2)CC1. The van der Waals surface area contributed by atoms with Crippen LogP contribution in [0.1, 0.15) is 30.9 Å². The molecule has 4 aromatic rings. The van der Waals surface area contributed by atoms with Crippen molar-refractivity contribution in [2.75, 3.05) is 73.7 Å². The van der Waals surface area contributed by atoms with Gasteiger partial charge in [0.1, 0.15) is 29.4 Å². The number of hydrogen-bond acceptors (Lipinski definition) is 11. The van der Waals surface area contributed by atoms with E-state index in [1.165, 1.54) is 12.4 Å². The molecular weight excluding hydrogens is 634 g/mol. The first-order valence-corrected chi connectivity index (χ1v) is 17.1. The number of morpholine rings is 1. The summed E-state index contributed by atoms with van der Waals surface area (Å²) in [5.41, 5.74) is 3.27. The Morgan fingerprint density at radius 2 is 1.70 bits per heavy atom. The predicted molar refractivity (Wildman–Crippen MR) is 194 cm³/mol. The number of benzene rings is 3. The summed E-state index contributed by atoms with van der Waals surface area (Å²) in [4.78, 5) is 32.6. The van der Waals surface area contributed by atoms with Crippen LogP contribution >= 0.6 is 0 Å². The van der Waals surface area contributed by atoms with Crippen LogP contribution in [0.5, 0.6) is 17.2 Å². The third-order valence-electron chi connectivity index (χ3n) is 9.40. The van der Waals surface area contributed by atoms with Gasteiger partial charge in [0.25, 0.3) is 0 Å². The predicted octanol–water partition coefficient (Wildman–Crippen LogP) is 6.33. The number of nitrogens with one attached hydrogen (secondary N) is 2. The lowest BCUT2D eigenvalue weighted by molar-refractivity contribution is -0.111. The Labute approximate surface area is 292 Å². The van der Waals surface area contributed by atoms with Gasteiger partial charge < -0.3 is 29.7 Å². The number of carbonyl (C=O) groups is 1. The van der Waals surface area contributed by atoms with Gasteiger partial charge in [-0.15, -0.1) is 0 Å². The van der Waals surface area contributed by atoms with Gasteiger partial charge in [-0.2, -0.15) is 0 Å². The fraction of sp³-hybridized carbons (Fsp3) is 0.342. The third-order valence-corrected chi connectivity index (χ3v) is 9.40. The van der Waals surface area contributed by atoms with Crippen LogP contribution in [0.4, 0.5) is 28.7 Å². The molecule has 1 atom stereocenters. The Kier molecular flexibility index (Phi) is 10.4. The van der Waals surface area contributed by atoms with Crippen LogP contribution in [0.3, 0.4) is 0 Å². The number of para-hydroxylation sites is 1. The van der Waals surface area contributed by atoms with Crippen molar-refractivity contribution in [2.24, 2.45) is 0 Å². The van der Waals surface area contributed by atoms with Gasteiger partial charge in [-0.3, -0.25) is 14.5 Å². The number of hydrogen-bond donors (Lipinski definition) is 2. The molecular formula is C38H43N7O5. The molecule has 0 spiro atoms. The number of carbonyl (C=O) groups excluding carboxylic acids is 1. The van der Waals surface area contributed by atoms with Crippen LogP contribution in [0.25, 0.3) is 0 Å². The van der Waals surface area contributed by atoms with Crippen molar-refractivity contribution in [2.45, 2.75) is 31.3 Å². The lowest BCUT2D eigenvalue weighted by Gasteiger charge is -2.41. The van der Waals surface area contributed by atoms with E-state index in [1.807, 2.05) is 71.8 Å². The number of piperidine rings is 1. The first kappa shape index (κ1) is 33.3. The molecule has 3 saturated heterocycles. The van der Waals surface area contributed by atoms with E-state index in [2.05, 4.69) is 43.0 Å². The largest absolute Gasteiger partial charge is 0.494 e. The van der Waals surface area contributed by atoms with Gasteiger partial charge in [0, 0.05) is 50.8 Å². The fourth-order valence-electron chi connectivity index (χ4n) is 6.88. The zero-order valence-corrected chi connectivity index (χ0v) is 28.3. The van der Waals surface area contributed by atoms with Gasteiger partial charge in [-0.05, 0) is 54.8 Å². The molecule has 0 saturated carbocycles. The van der Waals surface area contributed by atoms with Crippen LogP contribution in [-0.4, -0.2) is 79.9 Å². The van der Waals surface area contributed by atoms with Crippen molar-refractivity contribution in [3.8, 4) is 17.2 Å². The Morgan fingerprint density at radius 1 is 0.900 bits per heavy atom. The molecule has 260 valence electrons. The number of nitrogens with zero attached hydrogens (tertiary/aromatic N) is 5. The van der Waals surface area contributed by atoms with E-state index >= 15 is 0 Å². The molecule has 0 bridgehead atoms. The summed E-state index contributed by atoms with van der Waals surface area (Å²) in [6.07, 6.45) is 5.63. The van der Waals surface area contributed by atoms with Crippen molar-refractivity contribution in [1.29, 1.82) is 0 Å². The van der Waals surface area contributed by atoms with Crippen molar-refractivity contribution >= 4 is 34.6 Å². The molecule has 3 aromatic carbocycles. The van der Waals surface area contributed by atoms with Crippen LogP contribution in [0.2, 0.25) is 0 Å². The molecule has 50 heavy (non-hydrogen) atoms. The average Bonchev–Trinajstić information content (AvgIpc) is 3.67. The number of ether oxygens (including phenoxy) is 3.